The van der Waals surface area contributed by atoms with Crippen molar-refractivity contribution in [3.8, 4) is 0 Å². The molecule has 0 atom stereocenters. The van der Waals surface area contributed by atoms with Crippen LogP contribution in [0.4, 0.5) is 28.4 Å². The monoisotopic (exact) mass is 637 g/mol. The smallest absolute Gasteiger partial charge is 0.330 e. The van der Waals surface area contributed by atoms with E-state index < -0.39 is 10.3 Å². The minimum absolute atomic E-state index is 0.266. The van der Waals surface area contributed by atoms with Crippen LogP contribution in [-0.2, 0) is 10.3 Å². The molecule has 5 aromatic rings. The van der Waals surface area contributed by atoms with Gasteiger partial charge in [0.25, 0.3) is 0 Å². The molecule has 0 amide bonds. The van der Waals surface area contributed by atoms with Crippen molar-refractivity contribution in [3.63, 3.8) is 0 Å². The fraction of sp³-hybridized carbons (Fsp3) is 0.0750. The van der Waals surface area contributed by atoms with Crippen LogP contribution in [0.15, 0.2) is 163 Å². The van der Waals surface area contributed by atoms with E-state index in [0.29, 0.717) is 11.3 Å². The maximum absolute atomic E-state index is 12.6. The summed E-state index contributed by atoms with van der Waals surface area (Å²) in [4.78, 5) is 4.33. The van der Waals surface area contributed by atoms with Gasteiger partial charge >= 0.3 is 10.3 Å². The molecule has 5 aromatic carbocycles. The summed E-state index contributed by atoms with van der Waals surface area (Å²) in [5.41, 5.74) is 9.16. The zero-order valence-corrected chi connectivity index (χ0v) is 27.3. The lowest BCUT2D eigenvalue weighted by Gasteiger charge is -2.28. The van der Waals surface area contributed by atoms with Crippen molar-refractivity contribution in [1.29, 1.82) is 0 Å². The highest BCUT2D eigenvalue weighted by atomic mass is 32.2. The summed E-state index contributed by atoms with van der Waals surface area (Å²) >= 11 is 0. The number of allylic oxidation sites excluding steroid dienone is 5. The van der Waals surface area contributed by atoms with E-state index in [-0.39, 0.29) is 5.71 Å². The molecule has 0 saturated heterocycles. The van der Waals surface area contributed by atoms with Crippen molar-refractivity contribution in [2.24, 2.45) is 0 Å². The van der Waals surface area contributed by atoms with E-state index >= 15 is 0 Å². The Balaban J connectivity index is 1.60. The Bertz CT molecular complexity index is 2040. The molecule has 6 rings (SSSR count). The fourth-order valence-electron chi connectivity index (χ4n) is 5.94. The largest absolute Gasteiger partial charge is 0.693 e. The molecule has 0 bridgehead atoms. The second-order valence-corrected chi connectivity index (χ2v) is 12.5. The molecule has 0 unspecified atom stereocenters. The van der Waals surface area contributed by atoms with Crippen LogP contribution in [0.2, 0.25) is 0 Å². The van der Waals surface area contributed by atoms with E-state index in [9.17, 15) is 13.0 Å². The van der Waals surface area contributed by atoms with Gasteiger partial charge in [0.05, 0.1) is 0 Å². The van der Waals surface area contributed by atoms with Gasteiger partial charge in [-0.05, 0) is 61.0 Å². The number of hydrogen-bond donors (Lipinski definition) is 0. The number of rotatable bonds is 8. The van der Waals surface area contributed by atoms with Crippen LogP contribution >= 0.6 is 0 Å². The van der Waals surface area contributed by atoms with Crippen molar-refractivity contribution < 1.29 is 17.0 Å². The second-order valence-electron chi connectivity index (χ2n) is 11.3. The molecule has 0 aromatic heterocycles. The van der Waals surface area contributed by atoms with Gasteiger partial charge in [0.15, 0.2) is 0 Å². The quantitative estimate of drug-likeness (QED) is 0.126. The lowest BCUT2D eigenvalue weighted by molar-refractivity contribution is -0.273. The van der Waals surface area contributed by atoms with Crippen LogP contribution in [0.1, 0.15) is 16.7 Å². The Morgan fingerprint density at radius 3 is 1.47 bits per heavy atom. The first-order chi connectivity index (χ1) is 22.7. The molecule has 6 nitrogen and oxygen atoms in total. The first kappa shape index (κ1) is 31.5. The summed E-state index contributed by atoms with van der Waals surface area (Å²) in [7, 11) is -0.762. The van der Waals surface area contributed by atoms with Crippen LogP contribution in [0.3, 0.4) is 0 Å². The minimum atomic E-state index is -4.86. The lowest BCUT2D eigenvalue weighted by Crippen LogP contribution is -2.23. The first-order valence-corrected chi connectivity index (χ1v) is 16.7. The zero-order chi connectivity index (χ0) is 33.0. The summed E-state index contributed by atoms with van der Waals surface area (Å²) in [5, 5.41) is 0. The molecular weight excluding hydrogens is 603 g/mol. The molecule has 1 aliphatic rings. The number of benzene rings is 5. The van der Waals surface area contributed by atoms with Gasteiger partial charge in [0, 0.05) is 77.3 Å². The van der Waals surface area contributed by atoms with Crippen molar-refractivity contribution in [2.75, 3.05) is 23.9 Å². The van der Waals surface area contributed by atoms with Gasteiger partial charge in [0.1, 0.15) is 0 Å². The maximum Gasteiger partial charge on any atom is 0.330 e. The molecule has 0 fully saturated rings. The van der Waals surface area contributed by atoms with E-state index in [1.165, 1.54) is 0 Å². The molecule has 0 radical (unpaired) electrons. The average Bonchev–Trinajstić information content (AvgIpc) is 3.10. The second kappa shape index (κ2) is 13.5. The Morgan fingerprint density at radius 1 is 0.574 bits per heavy atom. The predicted molar refractivity (Wildman–Crippen MR) is 192 cm³/mol. The van der Waals surface area contributed by atoms with Crippen molar-refractivity contribution in [2.45, 2.75) is 6.92 Å². The number of hydrogen-bond acceptors (Lipinski definition) is 5. The van der Waals surface area contributed by atoms with Gasteiger partial charge in [-0.2, -0.15) is 8.42 Å². The standard InChI is InChI=1S/C40H35N3O3S/c1-30-16-10-13-23-37(30)43(47(44,45)46)34-28-26-31(27-29-34)40(35-21-11-14-24-38(35)41(2)32-17-6-4-7-18-32)36-22-12-15-25-39(36)42(3)33-19-8-5-9-20-33/h4-29H,1-3H3. The van der Waals surface area contributed by atoms with Crippen LogP contribution in [0.25, 0.3) is 5.57 Å². The normalized spacial score (nSPS) is 12.6. The van der Waals surface area contributed by atoms with E-state index in [0.717, 1.165) is 49.0 Å². The highest BCUT2D eigenvalue weighted by Crippen LogP contribution is 2.42. The average molecular weight is 638 g/mol. The van der Waals surface area contributed by atoms with Gasteiger partial charge in [0.2, 0.25) is 11.4 Å². The number of anilines is 4. The summed E-state index contributed by atoms with van der Waals surface area (Å²) in [5.74, 6) is 0. The lowest BCUT2D eigenvalue weighted by atomic mass is 9.88. The van der Waals surface area contributed by atoms with Crippen LogP contribution in [0.5, 0.6) is 0 Å². The number of nitrogens with zero attached hydrogens (tertiary/aromatic N) is 3. The molecule has 0 spiro atoms. The topological polar surface area (TPSA) is 66.7 Å². The van der Waals surface area contributed by atoms with E-state index in [2.05, 4.69) is 72.4 Å². The highest BCUT2D eigenvalue weighted by Gasteiger charge is 2.26. The Kier molecular flexibility index (Phi) is 9.02. The third-order valence-electron chi connectivity index (χ3n) is 8.30. The Hall–Kier alpha value is -5.50. The van der Waals surface area contributed by atoms with E-state index in [1.807, 2.05) is 78.9 Å². The summed E-state index contributed by atoms with van der Waals surface area (Å²) in [6.45, 7) is 1.79. The van der Waals surface area contributed by atoms with Crippen LogP contribution < -0.4 is 9.80 Å². The first-order valence-electron chi connectivity index (χ1n) is 15.3. The molecule has 7 heteroatoms. The van der Waals surface area contributed by atoms with Crippen LogP contribution in [0, 0.1) is 6.92 Å². The molecule has 0 heterocycles. The molecule has 47 heavy (non-hydrogen) atoms. The van der Waals surface area contributed by atoms with Gasteiger partial charge in [-0.15, -0.1) is 0 Å². The molecule has 1 aliphatic carbocycles. The number of para-hydroxylation sites is 5. The third-order valence-corrected chi connectivity index (χ3v) is 9.16. The molecule has 0 aliphatic heterocycles. The summed E-state index contributed by atoms with van der Waals surface area (Å²) in [6, 6.07) is 43.9. The van der Waals surface area contributed by atoms with E-state index in [1.54, 1.807) is 37.3 Å². The van der Waals surface area contributed by atoms with Gasteiger partial charge in [-0.25, -0.2) is 0 Å². The van der Waals surface area contributed by atoms with Crippen molar-refractivity contribution >= 4 is 50.0 Å². The molecule has 0 saturated carbocycles. The molecule has 0 N–H and O–H groups in total. The fourth-order valence-corrected chi connectivity index (χ4v) is 6.76. The maximum atomic E-state index is 12.6. The van der Waals surface area contributed by atoms with Gasteiger partial charge in [-0.3, -0.25) is 0 Å². The van der Waals surface area contributed by atoms with Gasteiger partial charge < -0.3 is 14.4 Å². The summed E-state index contributed by atoms with van der Waals surface area (Å²) < 4.78 is 38.7. The summed E-state index contributed by atoms with van der Waals surface area (Å²) in [6.07, 6.45) is 7.17. The molecular formula is C40H35N3O3S. The van der Waals surface area contributed by atoms with Crippen LogP contribution in [-0.4, -0.2) is 36.8 Å². The Morgan fingerprint density at radius 2 is 1.00 bits per heavy atom. The van der Waals surface area contributed by atoms with E-state index in [4.69, 9.17) is 0 Å². The Labute approximate surface area is 277 Å². The minimum Gasteiger partial charge on any atom is -0.693 e. The third kappa shape index (κ3) is 6.58. The molecule has 234 valence electrons. The van der Waals surface area contributed by atoms with Crippen molar-refractivity contribution in [1.82, 2.24) is 0 Å². The highest BCUT2D eigenvalue weighted by molar-refractivity contribution is 7.79. The van der Waals surface area contributed by atoms with Gasteiger partial charge in [-0.1, -0.05) is 95.0 Å². The number of aryl methyl sites for hydroxylation is 1. The zero-order valence-electron chi connectivity index (χ0n) is 26.5. The van der Waals surface area contributed by atoms with Crippen molar-refractivity contribution in [3.05, 3.63) is 180 Å². The predicted octanol–water partition coefficient (Wildman–Crippen LogP) is 8.70. The SMILES string of the molecule is Cc1ccccc1[N+](=C1C=CC(=C(c2ccccc2N(C)c2ccccc2)c2ccccc2N(C)c2ccccc2)C=C1)S(=O)(=O)[O-].